The number of nitrogens with one attached hydrogen (secondary N) is 1. The van der Waals surface area contributed by atoms with E-state index in [4.69, 9.17) is 9.47 Å². The van der Waals surface area contributed by atoms with Crippen molar-refractivity contribution in [2.75, 3.05) is 33.5 Å². The average Bonchev–Trinajstić information content (AvgIpc) is 3.12. The number of methoxy groups -OCH3 is 1. The van der Waals surface area contributed by atoms with Gasteiger partial charge in [0.25, 0.3) is 0 Å². The molecule has 1 aliphatic rings. The van der Waals surface area contributed by atoms with Crippen molar-refractivity contribution in [2.45, 2.75) is 31.8 Å². The normalized spacial score (nSPS) is 15.2. The molecule has 1 aliphatic carbocycles. The molecule has 0 saturated heterocycles. The summed E-state index contributed by atoms with van der Waals surface area (Å²) in [6, 6.07) is 0.710. The third kappa shape index (κ3) is 4.40. The van der Waals surface area contributed by atoms with Crippen molar-refractivity contribution in [3.05, 3.63) is 18.2 Å². The summed E-state index contributed by atoms with van der Waals surface area (Å²) in [5.41, 5.74) is 1.29. The van der Waals surface area contributed by atoms with Crippen LogP contribution in [0.25, 0.3) is 0 Å². The predicted molar refractivity (Wildman–Crippen MR) is 69.5 cm³/mol. The highest BCUT2D eigenvalue weighted by Gasteiger charge is 2.24. The van der Waals surface area contributed by atoms with Crippen molar-refractivity contribution in [1.82, 2.24) is 14.9 Å². The second kappa shape index (κ2) is 7.51. The highest BCUT2D eigenvalue weighted by molar-refractivity contribution is 5.03. The van der Waals surface area contributed by atoms with Gasteiger partial charge in [-0.25, -0.2) is 4.98 Å². The zero-order valence-electron chi connectivity index (χ0n) is 11.1. The fraction of sp³-hybridized carbons (Fsp3) is 0.769. The van der Waals surface area contributed by atoms with E-state index in [1.807, 2.05) is 12.5 Å². The average molecular weight is 253 g/mol. The SMILES string of the molecule is COCCOCCCNCc1cncn1C1CC1. The number of aromatic nitrogens is 2. The van der Waals surface area contributed by atoms with E-state index in [2.05, 4.69) is 14.9 Å². The van der Waals surface area contributed by atoms with Crippen LogP contribution in [0.15, 0.2) is 12.5 Å². The van der Waals surface area contributed by atoms with E-state index in [9.17, 15) is 0 Å². The van der Waals surface area contributed by atoms with Gasteiger partial charge in [0, 0.05) is 32.5 Å². The van der Waals surface area contributed by atoms with Crippen LogP contribution in [0.1, 0.15) is 31.0 Å². The van der Waals surface area contributed by atoms with E-state index in [-0.39, 0.29) is 0 Å². The van der Waals surface area contributed by atoms with E-state index in [0.29, 0.717) is 19.3 Å². The molecule has 0 aliphatic heterocycles. The fourth-order valence-electron chi connectivity index (χ4n) is 1.91. The topological polar surface area (TPSA) is 48.3 Å². The minimum absolute atomic E-state index is 0.675. The third-order valence-corrected chi connectivity index (χ3v) is 3.07. The summed E-state index contributed by atoms with van der Waals surface area (Å²) in [5, 5.41) is 3.43. The zero-order valence-corrected chi connectivity index (χ0v) is 11.1. The van der Waals surface area contributed by atoms with Crippen LogP contribution in [0.3, 0.4) is 0 Å². The molecule has 5 heteroatoms. The monoisotopic (exact) mass is 253 g/mol. The van der Waals surface area contributed by atoms with Crippen LogP contribution in [0.5, 0.6) is 0 Å². The first-order chi connectivity index (χ1) is 8.92. The lowest BCUT2D eigenvalue weighted by Crippen LogP contribution is -2.18. The summed E-state index contributed by atoms with van der Waals surface area (Å²) in [5.74, 6) is 0. The Morgan fingerprint density at radius 1 is 1.39 bits per heavy atom. The Hall–Kier alpha value is -0.910. The Labute approximate surface area is 108 Å². The van der Waals surface area contributed by atoms with E-state index < -0.39 is 0 Å². The first-order valence-corrected chi connectivity index (χ1v) is 6.70. The maximum atomic E-state index is 5.40. The Morgan fingerprint density at radius 3 is 3.06 bits per heavy atom. The van der Waals surface area contributed by atoms with Gasteiger partial charge in [0.15, 0.2) is 0 Å². The molecule has 1 aromatic heterocycles. The molecule has 1 heterocycles. The summed E-state index contributed by atoms with van der Waals surface area (Å²) >= 11 is 0. The predicted octanol–water partition coefficient (Wildman–Crippen LogP) is 1.36. The van der Waals surface area contributed by atoms with Crippen molar-refractivity contribution >= 4 is 0 Å². The van der Waals surface area contributed by atoms with Crippen molar-refractivity contribution in [3.63, 3.8) is 0 Å². The molecule has 1 saturated carbocycles. The van der Waals surface area contributed by atoms with Gasteiger partial charge in [-0.15, -0.1) is 0 Å². The van der Waals surface area contributed by atoms with Gasteiger partial charge >= 0.3 is 0 Å². The maximum Gasteiger partial charge on any atom is 0.0951 e. The van der Waals surface area contributed by atoms with E-state index in [1.54, 1.807) is 7.11 Å². The molecule has 0 unspecified atom stereocenters. The minimum atomic E-state index is 0.675. The number of hydrogen-bond donors (Lipinski definition) is 1. The Morgan fingerprint density at radius 2 is 2.28 bits per heavy atom. The largest absolute Gasteiger partial charge is 0.382 e. The molecule has 1 aromatic rings. The molecule has 0 amide bonds. The number of ether oxygens (including phenoxy) is 2. The molecule has 5 nitrogen and oxygen atoms in total. The second-order valence-electron chi connectivity index (χ2n) is 4.66. The van der Waals surface area contributed by atoms with Gasteiger partial charge in [0.2, 0.25) is 0 Å². The Bertz CT molecular complexity index is 337. The highest BCUT2D eigenvalue weighted by Crippen LogP contribution is 2.35. The van der Waals surface area contributed by atoms with Crippen LogP contribution in [0, 0.1) is 0 Å². The number of imidazole rings is 1. The molecule has 1 fully saturated rings. The molecule has 0 aromatic carbocycles. The smallest absolute Gasteiger partial charge is 0.0951 e. The van der Waals surface area contributed by atoms with E-state index in [0.717, 1.165) is 26.1 Å². The molecule has 18 heavy (non-hydrogen) atoms. The quantitative estimate of drug-likeness (QED) is 0.640. The Kier molecular flexibility index (Phi) is 5.64. The van der Waals surface area contributed by atoms with Crippen LogP contribution in [0.4, 0.5) is 0 Å². The minimum Gasteiger partial charge on any atom is -0.382 e. The van der Waals surface area contributed by atoms with Gasteiger partial charge in [-0.3, -0.25) is 0 Å². The lowest BCUT2D eigenvalue weighted by molar-refractivity contribution is 0.0694. The highest BCUT2D eigenvalue weighted by atomic mass is 16.5. The van der Waals surface area contributed by atoms with Gasteiger partial charge in [0.1, 0.15) is 0 Å². The molecule has 1 N–H and O–H groups in total. The summed E-state index contributed by atoms with van der Waals surface area (Å²) in [4.78, 5) is 4.22. The second-order valence-corrected chi connectivity index (χ2v) is 4.66. The standard InChI is InChI=1S/C13H23N3O2/c1-17-7-8-18-6-2-5-14-9-13-10-15-11-16(13)12-3-4-12/h10-12,14H,2-9H2,1H3. The number of nitrogens with zero attached hydrogens (tertiary/aromatic N) is 2. The maximum absolute atomic E-state index is 5.40. The van der Waals surface area contributed by atoms with Gasteiger partial charge in [0.05, 0.1) is 25.2 Å². The van der Waals surface area contributed by atoms with Crippen LogP contribution < -0.4 is 5.32 Å². The molecule has 0 radical (unpaired) electrons. The van der Waals surface area contributed by atoms with Crippen molar-refractivity contribution < 1.29 is 9.47 Å². The van der Waals surface area contributed by atoms with Crippen molar-refractivity contribution in [1.29, 1.82) is 0 Å². The summed E-state index contributed by atoms with van der Waals surface area (Å²) in [6.07, 6.45) is 7.54. The van der Waals surface area contributed by atoms with Gasteiger partial charge in [-0.2, -0.15) is 0 Å². The molecular weight excluding hydrogens is 230 g/mol. The first kappa shape index (κ1) is 13.5. The lowest BCUT2D eigenvalue weighted by atomic mass is 10.4. The van der Waals surface area contributed by atoms with Crippen LogP contribution in [-0.2, 0) is 16.0 Å². The van der Waals surface area contributed by atoms with Crippen LogP contribution >= 0.6 is 0 Å². The van der Waals surface area contributed by atoms with Gasteiger partial charge in [-0.1, -0.05) is 0 Å². The summed E-state index contributed by atoms with van der Waals surface area (Å²) in [6.45, 7) is 4.02. The van der Waals surface area contributed by atoms with Crippen molar-refractivity contribution in [2.24, 2.45) is 0 Å². The van der Waals surface area contributed by atoms with Crippen LogP contribution in [-0.4, -0.2) is 43.0 Å². The molecular formula is C13H23N3O2. The van der Waals surface area contributed by atoms with Crippen LogP contribution in [0.2, 0.25) is 0 Å². The first-order valence-electron chi connectivity index (χ1n) is 6.70. The van der Waals surface area contributed by atoms with E-state index in [1.165, 1.54) is 18.5 Å². The lowest BCUT2D eigenvalue weighted by Gasteiger charge is -2.08. The molecule has 102 valence electrons. The van der Waals surface area contributed by atoms with Gasteiger partial charge in [-0.05, 0) is 25.8 Å². The molecule has 0 atom stereocenters. The zero-order chi connectivity index (χ0) is 12.6. The number of hydrogen-bond acceptors (Lipinski definition) is 4. The number of rotatable bonds is 10. The van der Waals surface area contributed by atoms with Gasteiger partial charge < -0.3 is 19.4 Å². The fourth-order valence-corrected chi connectivity index (χ4v) is 1.91. The third-order valence-electron chi connectivity index (χ3n) is 3.07. The Balaban J connectivity index is 1.51. The van der Waals surface area contributed by atoms with E-state index >= 15 is 0 Å². The summed E-state index contributed by atoms with van der Waals surface area (Å²) < 4.78 is 12.6. The molecule has 0 spiro atoms. The summed E-state index contributed by atoms with van der Waals surface area (Å²) in [7, 11) is 1.69. The van der Waals surface area contributed by atoms with Crippen molar-refractivity contribution in [3.8, 4) is 0 Å². The molecule has 0 bridgehead atoms. The molecule has 2 rings (SSSR count).